The van der Waals surface area contributed by atoms with Crippen LogP contribution in [0.1, 0.15) is 57.3 Å². The first kappa shape index (κ1) is 22.9. The molecule has 1 fully saturated rings. The largest absolute Gasteiger partial charge is 0.493 e. The molecular weight excluding hydrogens is 446 g/mol. The lowest BCUT2D eigenvalue weighted by atomic mass is 10.2. The number of rotatable bonds is 8. The Bertz CT molecular complexity index is 1310. The van der Waals surface area contributed by atoms with Gasteiger partial charge >= 0.3 is 0 Å². The Balaban J connectivity index is 1.51. The summed E-state index contributed by atoms with van der Waals surface area (Å²) < 4.78 is 20.4. The summed E-state index contributed by atoms with van der Waals surface area (Å²) >= 11 is 0. The van der Waals surface area contributed by atoms with Gasteiger partial charge in [0.1, 0.15) is 23.8 Å². The highest BCUT2D eigenvalue weighted by Crippen LogP contribution is 2.39. The van der Waals surface area contributed by atoms with Crippen LogP contribution < -0.4 is 19.5 Å². The molecule has 0 atom stereocenters. The van der Waals surface area contributed by atoms with Gasteiger partial charge in [-0.1, -0.05) is 26.7 Å². The molecule has 0 radical (unpaired) electrons. The van der Waals surface area contributed by atoms with E-state index in [0.29, 0.717) is 34.9 Å². The Hall–Kier alpha value is -3.82. The number of hydrogen-bond acceptors (Lipinski definition) is 8. The van der Waals surface area contributed by atoms with Gasteiger partial charge < -0.3 is 24.1 Å². The van der Waals surface area contributed by atoms with Crippen molar-refractivity contribution in [1.82, 2.24) is 29.3 Å². The van der Waals surface area contributed by atoms with E-state index in [-0.39, 0.29) is 5.92 Å². The number of methoxy groups -OCH3 is 3. The predicted octanol–water partition coefficient (Wildman–Crippen LogP) is 5.02. The minimum Gasteiger partial charge on any atom is -0.493 e. The number of anilines is 2. The average molecular weight is 478 g/mol. The van der Waals surface area contributed by atoms with E-state index < -0.39 is 0 Å². The SMILES string of the molecule is COc1cc(-n2cnc(Nc3nc(C(C)C)nc4c3cnn4C3CCCC3)c2)cc(OC)c1OC. The van der Waals surface area contributed by atoms with Crippen molar-refractivity contribution >= 4 is 22.7 Å². The second-order valence-corrected chi connectivity index (χ2v) is 9.02. The monoisotopic (exact) mass is 477 g/mol. The van der Waals surface area contributed by atoms with E-state index in [2.05, 4.69) is 28.8 Å². The summed E-state index contributed by atoms with van der Waals surface area (Å²) in [5, 5.41) is 8.98. The standard InChI is InChI=1S/C25H31N7O3/c1-15(2)23-29-24(18-12-27-32(25(18)30-23)16-8-6-7-9-16)28-21-13-31(14-26-21)17-10-19(33-3)22(35-5)20(11-17)34-4/h10-16H,6-9H2,1-5H3,(H,28,29,30). The van der Waals surface area contributed by atoms with Crippen LogP contribution in [0.5, 0.6) is 17.2 Å². The first-order valence-corrected chi connectivity index (χ1v) is 11.9. The van der Waals surface area contributed by atoms with Crippen LogP contribution >= 0.6 is 0 Å². The van der Waals surface area contributed by atoms with Crippen LogP contribution in [-0.2, 0) is 0 Å². The zero-order valence-electron chi connectivity index (χ0n) is 20.8. The minimum atomic E-state index is 0.184. The lowest BCUT2D eigenvalue weighted by Crippen LogP contribution is -2.09. The van der Waals surface area contributed by atoms with Crippen molar-refractivity contribution in [2.75, 3.05) is 26.6 Å². The number of ether oxygens (including phenoxy) is 3. The van der Waals surface area contributed by atoms with Gasteiger partial charge in [0.15, 0.2) is 17.1 Å². The molecule has 0 aliphatic heterocycles. The van der Waals surface area contributed by atoms with Crippen molar-refractivity contribution in [3.63, 3.8) is 0 Å². The van der Waals surface area contributed by atoms with Crippen molar-refractivity contribution in [3.05, 3.63) is 36.7 Å². The maximum atomic E-state index is 5.49. The lowest BCUT2D eigenvalue weighted by molar-refractivity contribution is 0.324. The topological polar surface area (TPSA) is 101 Å². The van der Waals surface area contributed by atoms with Gasteiger partial charge in [-0.2, -0.15) is 5.10 Å². The van der Waals surface area contributed by atoms with Crippen LogP contribution in [0.2, 0.25) is 0 Å². The van der Waals surface area contributed by atoms with E-state index in [9.17, 15) is 0 Å². The highest BCUT2D eigenvalue weighted by Gasteiger charge is 2.23. The molecule has 10 nitrogen and oxygen atoms in total. The van der Waals surface area contributed by atoms with Crippen LogP contribution in [0.3, 0.4) is 0 Å². The molecule has 0 saturated heterocycles. The Morgan fingerprint density at radius 1 is 1.00 bits per heavy atom. The van der Waals surface area contributed by atoms with Gasteiger partial charge in [-0.3, -0.25) is 0 Å². The third-order valence-corrected chi connectivity index (χ3v) is 6.43. The van der Waals surface area contributed by atoms with Gasteiger partial charge in [0.2, 0.25) is 5.75 Å². The molecule has 0 bridgehead atoms. The number of imidazole rings is 1. The smallest absolute Gasteiger partial charge is 0.203 e. The highest BCUT2D eigenvalue weighted by atomic mass is 16.5. The van der Waals surface area contributed by atoms with Gasteiger partial charge in [0.25, 0.3) is 0 Å². The van der Waals surface area contributed by atoms with E-state index in [4.69, 9.17) is 29.3 Å². The molecular formula is C25H31N7O3. The molecule has 1 aliphatic carbocycles. The van der Waals surface area contributed by atoms with Gasteiger partial charge in [0.05, 0.1) is 50.8 Å². The Morgan fingerprint density at radius 3 is 2.34 bits per heavy atom. The van der Waals surface area contributed by atoms with Crippen LogP contribution in [0.15, 0.2) is 30.9 Å². The number of benzene rings is 1. The number of aromatic nitrogens is 6. The Morgan fingerprint density at radius 2 is 1.71 bits per heavy atom. The Labute approximate surface area is 204 Å². The van der Waals surface area contributed by atoms with E-state index >= 15 is 0 Å². The molecule has 0 amide bonds. The van der Waals surface area contributed by atoms with Gasteiger partial charge in [-0.15, -0.1) is 0 Å². The van der Waals surface area contributed by atoms with Crippen LogP contribution in [-0.4, -0.2) is 50.6 Å². The molecule has 184 valence electrons. The van der Waals surface area contributed by atoms with Crippen molar-refractivity contribution in [2.45, 2.75) is 51.5 Å². The molecule has 4 aromatic rings. The highest BCUT2D eigenvalue weighted by molar-refractivity contribution is 5.88. The number of fused-ring (bicyclic) bond motifs is 1. The maximum Gasteiger partial charge on any atom is 0.203 e. The molecule has 10 heteroatoms. The summed E-state index contributed by atoms with van der Waals surface area (Å²) in [5.41, 5.74) is 1.70. The average Bonchev–Trinajstić information content (AvgIpc) is 3.63. The molecule has 1 aromatic carbocycles. The molecule has 35 heavy (non-hydrogen) atoms. The van der Waals surface area contributed by atoms with E-state index in [1.807, 2.05) is 29.1 Å². The fourth-order valence-electron chi connectivity index (χ4n) is 4.58. The minimum absolute atomic E-state index is 0.184. The predicted molar refractivity (Wildman–Crippen MR) is 133 cm³/mol. The maximum absolute atomic E-state index is 5.49. The molecule has 5 rings (SSSR count). The van der Waals surface area contributed by atoms with Gasteiger partial charge in [-0.05, 0) is 12.8 Å². The zero-order chi connectivity index (χ0) is 24.5. The van der Waals surface area contributed by atoms with Gasteiger partial charge in [0, 0.05) is 18.1 Å². The summed E-state index contributed by atoms with van der Waals surface area (Å²) in [6.07, 6.45) is 10.2. The number of nitrogens with zero attached hydrogens (tertiary/aromatic N) is 6. The van der Waals surface area contributed by atoms with Crippen LogP contribution in [0, 0.1) is 0 Å². The van der Waals surface area contributed by atoms with Crippen LogP contribution in [0.25, 0.3) is 16.7 Å². The second-order valence-electron chi connectivity index (χ2n) is 9.02. The number of hydrogen-bond donors (Lipinski definition) is 1. The summed E-state index contributed by atoms with van der Waals surface area (Å²) in [7, 11) is 4.78. The normalized spacial score (nSPS) is 14.1. The molecule has 1 saturated carbocycles. The first-order chi connectivity index (χ1) is 17.0. The van der Waals surface area contributed by atoms with Crippen molar-refractivity contribution in [1.29, 1.82) is 0 Å². The van der Waals surface area contributed by atoms with Crippen molar-refractivity contribution in [3.8, 4) is 22.9 Å². The quantitative estimate of drug-likeness (QED) is 0.377. The van der Waals surface area contributed by atoms with E-state index in [1.165, 1.54) is 12.8 Å². The second kappa shape index (κ2) is 9.44. The van der Waals surface area contributed by atoms with Crippen molar-refractivity contribution in [2.24, 2.45) is 0 Å². The lowest BCUT2D eigenvalue weighted by Gasteiger charge is -2.14. The molecule has 0 spiro atoms. The first-order valence-electron chi connectivity index (χ1n) is 11.9. The van der Waals surface area contributed by atoms with Crippen molar-refractivity contribution < 1.29 is 14.2 Å². The molecule has 3 heterocycles. The fourth-order valence-corrected chi connectivity index (χ4v) is 4.58. The van der Waals surface area contributed by atoms with Crippen LogP contribution in [0.4, 0.5) is 11.6 Å². The summed E-state index contributed by atoms with van der Waals surface area (Å²) in [5.74, 6) is 4.01. The summed E-state index contributed by atoms with van der Waals surface area (Å²) in [6, 6.07) is 4.14. The molecule has 1 N–H and O–H groups in total. The van der Waals surface area contributed by atoms with Gasteiger partial charge in [-0.25, -0.2) is 19.6 Å². The third-order valence-electron chi connectivity index (χ3n) is 6.43. The number of nitrogens with one attached hydrogen (secondary N) is 1. The third kappa shape index (κ3) is 4.24. The summed E-state index contributed by atoms with van der Waals surface area (Å²) in [6.45, 7) is 4.20. The zero-order valence-corrected chi connectivity index (χ0v) is 20.8. The molecule has 3 aromatic heterocycles. The summed E-state index contributed by atoms with van der Waals surface area (Å²) in [4.78, 5) is 14.2. The fraction of sp³-hybridized carbons (Fsp3) is 0.440. The molecule has 0 unspecified atom stereocenters. The Kier molecular flexibility index (Phi) is 6.19. The molecule has 1 aliphatic rings. The van der Waals surface area contributed by atoms with E-state index in [1.54, 1.807) is 27.7 Å². The van der Waals surface area contributed by atoms with E-state index in [0.717, 1.165) is 35.4 Å².